The molecule has 0 aliphatic carbocycles. The largest absolute Gasteiger partial charge is 0.507 e. The molecule has 3 heterocycles. The number of likely N-dealkylation sites (tertiary alicyclic amines) is 1. The number of hydrogen-bond acceptors (Lipinski definition) is 5. The van der Waals surface area contributed by atoms with Gasteiger partial charge in [-0.3, -0.25) is 14.6 Å². The highest BCUT2D eigenvalue weighted by molar-refractivity contribution is 6.46. The molecule has 0 radical (unpaired) electrons. The molecule has 8 heteroatoms. The summed E-state index contributed by atoms with van der Waals surface area (Å²) >= 11 is 5.93. The molecule has 3 aromatic rings. The smallest absolute Gasteiger partial charge is 0.295 e. The van der Waals surface area contributed by atoms with Crippen LogP contribution in [0.5, 0.6) is 0 Å². The Balaban J connectivity index is 1.71. The van der Waals surface area contributed by atoms with Crippen LogP contribution in [0.3, 0.4) is 0 Å². The number of rotatable bonds is 6. The summed E-state index contributed by atoms with van der Waals surface area (Å²) < 4.78 is 1.91. The Morgan fingerprint density at radius 1 is 1.07 bits per heavy atom. The lowest BCUT2D eigenvalue weighted by atomic mass is 9.96. The second-order valence-corrected chi connectivity index (χ2v) is 7.38. The Hall–Kier alpha value is -3.45. The van der Waals surface area contributed by atoms with E-state index in [1.165, 1.54) is 4.90 Å². The topological polar surface area (TPSA) is 88.3 Å². The lowest BCUT2D eigenvalue weighted by molar-refractivity contribution is -0.139. The van der Waals surface area contributed by atoms with Gasteiger partial charge in [-0.2, -0.15) is 0 Å². The predicted octanol–water partition coefficient (Wildman–Crippen LogP) is 3.44. The number of amides is 1. The van der Waals surface area contributed by atoms with E-state index in [9.17, 15) is 14.7 Å². The van der Waals surface area contributed by atoms with E-state index in [2.05, 4.69) is 9.97 Å². The monoisotopic (exact) mass is 422 g/mol. The molecule has 1 fully saturated rings. The third-order valence-corrected chi connectivity index (χ3v) is 5.28. The number of imidazole rings is 1. The maximum atomic E-state index is 12.9. The summed E-state index contributed by atoms with van der Waals surface area (Å²) in [5, 5.41) is 11.4. The maximum Gasteiger partial charge on any atom is 0.295 e. The standard InChI is InChI=1S/C22H19ClN4O3/c23-17-6-4-15(5-7-17)20(28)18-19(16-3-1-8-24-13-16)27(22(30)21(18)29)11-2-10-26-12-9-25-14-26/h1,3-9,12-14,19,28H,2,10-11H2. The molecule has 1 N–H and O–H groups in total. The fourth-order valence-corrected chi connectivity index (χ4v) is 3.73. The predicted molar refractivity (Wildman–Crippen MR) is 112 cm³/mol. The van der Waals surface area contributed by atoms with Gasteiger partial charge in [-0.25, -0.2) is 4.98 Å². The van der Waals surface area contributed by atoms with Gasteiger partial charge >= 0.3 is 0 Å². The normalized spacial score (nSPS) is 18.2. The van der Waals surface area contributed by atoms with E-state index < -0.39 is 17.7 Å². The third-order valence-electron chi connectivity index (χ3n) is 5.03. The number of Topliss-reactive ketones (excluding diaryl/α,β-unsaturated/α-hetero) is 1. The van der Waals surface area contributed by atoms with Crippen LogP contribution in [0.2, 0.25) is 5.02 Å². The van der Waals surface area contributed by atoms with E-state index >= 15 is 0 Å². The summed E-state index contributed by atoms with van der Waals surface area (Å²) in [4.78, 5) is 35.4. The van der Waals surface area contributed by atoms with E-state index in [1.54, 1.807) is 61.3 Å². The van der Waals surface area contributed by atoms with Gasteiger partial charge in [0.05, 0.1) is 17.9 Å². The van der Waals surface area contributed by atoms with Crippen LogP contribution in [0.1, 0.15) is 23.6 Å². The number of carbonyl (C=O) groups is 2. The molecule has 152 valence electrons. The van der Waals surface area contributed by atoms with Crippen molar-refractivity contribution >= 4 is 29.1 Å². The maximum absolute atomic E-state index is 12.9. The molecule has 1 amide bonds. The number of carbonyl (C=O) groups excluding carboxylic acids is 2. The summed E-state index contributed by atoms with van der Waals surface area (Å²) in [6.07, 6.45) is 9.08. The number of pyridine rings is 1. The Kier molecular flexibility index (Phi) is 5.63. The molecule has 1 aliphatic heterocycles. The zero-order valence-corrected chi connectivity index (χ0v) is 16.7. The van der Waals surface area contributed by atoms with Gasteiger partial charge in [0.1, 0.15) is 5.76 Å². The number of hydrogen-bond donors (Lipinski definition) is 1. The first kappa shape index (κ1) is 19.8. The van der Waals surface area contributed by atoms with Gasteiger partial charge in [-0.1, -0.05) is 17.7 Å². The summed E-state index contributed by atoms with van der Waals surface area (Å²) in [6, 6.07) is 9.30. The second kappa shape index (κ2) is 8.51. The minimum atomic E-state index is -0.711. The van der Waals surface area contributed by atoms with Crippen LogP contribution in [0.4, 0.5) is 0 Å². The lowest BCUT2D eigenvalue weighted by Gasteiger charge is -2.25. The van der Waals surface area contributed by atoms with Crippen LogP contribution in [-0.2, 0) is 16.1 Å². The molecule has 1 aromatic carbocycles. The number of aliphatic hydroxyl groups is 1. The van der Waals surface area contributed by atoms with Crippen molar-refractivity contribution in [1.82, 2.24) is 19.4 Å². The SMILES string of the molecule is O=C1C(=O)N(CCCn2ccnc2)C(c2cccnc2)C1=C(O)c1ccc(Cl)cc1. The van der Waals surface area contributed by atoms with Crippen LogP contribution in [0.25, 0.3) is 5.76 Å². The molecule has 1 aliphatic rings. The molecular weight excluding hydrogens is 404 g/mol. The van der Waals surface area contributed by atoms with Gasteiger partial charge < -0.3 is 14.6 Å². The minimum Gasteiger partial charge on any atom is -0.507 e. The van der Waals surface area contributed by atoms with Crippen LogP contribution in [0.15, 0.2) is 73.1 Å². The molecule has 1 atom stereocenters. The molecule has 0 saturated carbocycles. The number of aromatic nitrogens is 3. The zero-order chi connectivity index (χ0) is 21.1. The molecular formula is C22H19ClN4O3. The summed E-state index contributed by atoms with van der Waals surface area (Å²) in [6.45, 7) is 1.000. The Labute approximate surface area is 178 Å². The van der Waals surface area contributed by atoms with Gasteiger partial charge in [-0.05, 0) is 42.3 Å². The van der Waals surface area contributed by atoms with Crippen molar-refractivity contribution in [3.05, 3.63) is 89.2 Å². The highest BCUT2D eigenvalue weighted by atomic mass is 35.5. The van der Waals surface area contributed by atoms with E-state index in [0.717, 1.165) is 0 Å². The van der Waals surface area contributed by atoms with Crippen LogP contribution in [0, 0.1) is 0 Å². The van der Waals surface area contributed by atoms with Crippen LogP contribution < -0.4 is 0 Å². The first-order valence-electron chi connectivity index (χ1n) is 9.46. The minimum absolute atomic E-state index is 0.0537. The molecule has 0 spiro atoms. The highest BCUT2D eigenvalue weighted by Crippen LogP contribution is 2.39. The molecule has 30 heavy (non-hydrogen) atoms. The van der Waals surface area contributed by atoms with E-state index in [0.29, 0.717) is 35.7 Å². The number of ketones is 1. The quantitative estimate of drug-likeness (QED) is 0.373. The second-order valence-electron chi connectivity index (χ2n) is 6.94. The van der Waals surface area contributed by atoms with Crippen molar-refractivity contribution in [2.45, 2.75) is 19.0 Å². The van der Waals surface area contributed by atoms with Crippen LogP contribution >= 0.6 is 11.6 Å². The Bertz CT molecular complexity index is 1080. The fraction of sp³-hybridized carbons (Fsp3) is 0.182. The molecule has 1 unspecified atom stereocenters. The number of nitrogens with zero attached hydrogens (tertiary/aromatic N) is 4. The van der Waals surface area contributed by atoms with Gasteiger partial charge in [0.25, 0.3) is 11.7 Å². The number of halogens is 1. The molecule has 2 aromatic heterocycles. The summed E-state index contributed by atoms with van der Waals surface area (Å²) in [5.74, 6) is -1.57. The number of aryl methyl sites for hydroxylation is 1. The third kappa shape index (κ3) is 3.84. The average molecular weight is 423 g/mol. The van der Waals surface area contributed by atoms with Crippen molar-refractivity contribution < 1.29 is 14.7 Å². The van der Waals surface area contributed by atoms with Gasteiger partial charge in [0, 0.05) is 48.5 Å². The molecule has 7 nitrogen and oxygen atoms in total. The lowest BCUT2D eigenvalue weighted by Crippen LogP contribution is -2.31. The van der Waals surface area contributed by atoms with Gasteiger partial charge in [-0.15, -0.1) is 0 Å². The Morgan fingerprint density at radius 2 is 1.87 bits per heavy atom. The Morgan fingerprint density at radius 3 is 2.53 bits per heavy atom. The van der Waals surface area contributed by atoms with Crippen molar-refractivity contribution in [2.24, 2.45) is 0 Å². The van der Waals surface area contributed by atoms with Gasteiger partial charge in [0.15, 0.2) is 0 Å². The first-order valence-corrected chi connectivity index (χ1v) is 9.84. The van der Waals surface area contributed by atoms with E-state index in [1.807, 2.05) is 10.8 Å². The highest BCUT2D eigenvalue weighted by Gasteiger charge is 2.45. The molecule has 4 rings (SSSR count). The van der Waals surface area contributed by atoms with Crippen molar-refractivity contribution in [3.8, 4) is 0 Å². The molecule has 0 bridgehead atoms. The average Bonchev–Trinajstić information content (AvgIpc) is 3.37. The first-order chi connectivity index (χ1) is 14.6. The number of benzene rings is 1. The number of aliphatic hydroxyl groups excluding tert-OH is 1. The van der Waals surface area contributed by atoms with E-state index in [-0.39, 0.29) is 11.3 Å². The summed E-state index contributed by atoms with van der Waals surface area (Å²) in [7, 11) is 0. The fourth-order valence-electron chi connectivity index (χ4n) is 3.60. The van der Waals surface area contributed by atoms with Crippen molar-refractivity contribution in [2.75, 3.05) is 6.54 Å². The van der Waals surface area contributed by atoms with E-state index in [4.69, 9.17) is 11.6 Å². The van der Waals surface area contributed by atoms with Gasteiger partial charge in [0.2, 0.25) is 0 Å². The van der Waals surface area contributed by atoms with Crippen molar-refractivity contribution in [1.29, 1.82) is 0 Å². The zero-order valence-electron chi connectivity index (χ0n) is 16.0. The molecule has 1 saturated heterocycles. The summed E-state index contributed by atoms with van der Waals surface area (Å²) in [5.41, 5.74) is 1.14. The van der Waals surface area contributed by atoms with Crippen molar-refractivity contribution in [3.63, 3.8) is 0 Å². The van der Waals surface area contributed by atoms with Crippen LogP contribution in [-0.4, -0.2) is 42.8 Å².